The van der Waals surface area contributed by atoms with E-state index in [2.05, 4.69) is 6.07 Å². The standard InChI is InChI=1S/C13H13NO3/c15-7-10-5-4-9-6-8-2-1-3-11(8)13(12(9)10)14(16)17/h6-7,10H,1-5H2. The summed E-state index contributed by atoms with van der Waals surface area (Å²) in [6, 6.07) is 2.09. The smallest absolute Gasteiger partial charge is 0.277 e. The van der Waals surface area contributed by atoms with E-state index in [-0.39, 0.29) is 16.5 Å². The fourth-order valence-corrected chi connectivity index (χ4v) is 3.22. The van der Waals surface area contributed by atoms with E-state index in [4.69, 9.17) is 0 Å². The Morgan fingerprint density at radius 3 is 2.82 bits per heavy atom. The lowest BCUT2D eigenvalue weighted by Crippen LogP contribution is -2.04. The first-order valence-corrected chi connectivity index (χ1v) is 5.99. The summed E-state index contributed by atoms with van der Waals surface area (Å²) in [6.45, 7) is 0. The largest absolute Gasteiger partial charge is 0.303 e. The van der Waals surface area contributed by atoms with Crippen molar-refractivity contribution in [3.05, 3.63) is 38.4 Å². The van der Waals surface area contributed by atoms with Crippen molar-refractivity contribution < 1.29 is 9.72 Å². The molecular weight excluding hydrogens is 218 g/mol. The summed E-state index contributed by atoms with van der Waals surface area (Å²) >= 11 is 0. The molecule has 0 aromatic heterocycles. The van der Waals surface area contributed by atoms with Gasteiger partial charge >= 0.3 is 0 Å². The van der Waals surface area contributed by atoms with Gasteiger partial charge in [0, 0.05) is 17.0 Å². The number of nitrogens with zero attached hydrogens (tertiary/aromatic N) is 1. The molecule has 0 aliphatic heterocycles. The number of nitro benzene ring substituents is 1. The first-order valence-electron chi connectivity index (χ1n) is 5.99. The predicted octanol–water partition coefficient (Wildman–Crippen LogP) is 2.31. The Balaban J connectivity index is 2.29. The van der Waals surface area contributed by atoms with Crippen LogP contribution in [-0.2, 0) is 24.1 Å². The number of hydrogen-bond donors (Lipinski definition) is 0. The molecule has 4 heteroatoms. The summed E-state index contributed by atoms with van der Waals surface area (Å²) in [5.74, 6) is -0.267. The normalized spacial score (nSPS) is 21.1. The van der Waals surface area contributed by atoms with Crippen LogP contribution >= 0.6 is 0 Å². The fourth-order valence-electron chi connectivity index (χ4n) is 3.22. The number of fused-ring (bicyclic) bond motifs is 2. The van der Waals surface area contributed by atoms with Crippen LogP contribution in [0.3, 0.4) is 0 Å². The minimum absolute atomic E-state index is 0.240. The van der Waals surface area contributed by atoms with E-state index >= 15 is 0 Å². The van der Waals surface area contributed by atoms with Crippen molar-refractivity contribution in [2.75, 3.05) is 0 Å². The first kappa shape index (κ1) is 10.4. The van der Waals surface area contributed by atoms with Crippen molar-refractivity contribution in [3.63, 3.8) is 0 Å². The first-order chi connectivity index (χ1) is 8.22. The SMILES string of the molecule is O=CC1CCc2cc3c(c([N+](=O)[O-])c21)CCC3. The van der Waals surface area contributed by atoms with E-state index in [1.807, 2.05) is 0 Å². The van der Waals surface area contributed by atoms with Crippen LogP contribution in [0.25, 0.3) is 0 Å². The number of benzene rings is 1. The van der Waals surface area contributed by atoms with Crippen LogP contribution in [0.1, 0.15) is 41.0 Å². The summed E-state index contributed by atoms with van der Waals surface area (Å²) in [5.41, 5.74) is 3.97. The van der Waals surface area contributed by atoms with Crippen molar-refractivity contribution in [1.29, 1.82) is 0 Å². The van der Waals surface area contributed by atoms with Gasteiger partial charge in [-0.3, -0.25) is 10.1 Å². The highest BCUT2D eigenvalue weighted by atomic mass is 16.6. The van der Waals surface area contributed by atoms with E-state index in [1.165, 1.54) is 0 Å². The molecule has 0 heterocycles. The highest BCUT2D eigenvalue weighted by Crippen LogP contribution is 2.44. The van der Waals surface area contributed by atoms with Gasteiger partial charge in [-0.1, -0.05) is 6.07 Å². The molecule has 1 atom stereocenters. The van der Waals surface area contributed by atoms with Crippen LogP contribution in [0.4, 0.5) is 5.69 Å². The van der Waals surface area contributed by atoms with Crippen molar-refractivity contribution in [2.24, 2.45) is 0 Å². The maximum Gasteiger partial charge on any atom is 0.277 e. The number of aryl methyl sites for hydroxylation is 2. The lowest BCUT2D eigenvalue weighted by molar-refractivity contribution is -0.386. The quantitative estimate of drug-likeness (QED) is 0.446. The number of carbonyl (C=O) groups excluding carboxylic acids is 1. The Morgan fingerprint density at radius 1 is 1.29 bits per heavy atom. The summed E-state index contributed by atoms with van der Waals surface area (Å²) in [6.07, 6.45) is 5.10. The maximum absolute atomic E-state index is 11.3. The third kappa shape index (κ3) is 1.40. The molecule has 0 fully saturated rings. The third-order valence-corrected chi connectivity index (χ3v) is 3.94. The maximum atomic E-state index is 11.3. The van der Waals surface area contributed by atoms with E-state index in [0.717, 1.165) is 55.1 Å². The van der Waals surface area contributed by atoms with Gasteiger partial charge in [0.2, 0.25) is 0 Å². The molecular formula is C13H13NO3. The average molecular weight is 231 g/mol. The zero-order chi connectivity index (χ0) is 12.0. The molecule has 0 saturated heterocycles. The Bertz CT molecular complexity index is 522. The summed E-state index contributed by atoms with van der Waals surface area (Å²) < 4.78 is 0. The molecule has 4 nitrogen and oxygen atoms in total. The lowest BCUT2D eigenvalue weighted by Gasteiger charge is -2.09. The van der Waals surface area contributed by atoms with Crippen LogP contribution < -0.4 is 0 Å². The van der Waals surface area contributed by atoms with Gasteiger partial charge in [0.25, 0.3) is 5.69 Å². The molecule has 0 radical (unpaired) electrons. The molecule has 2 aliphatic rings. The molecule has 1 aromatic rings. The van der Waals surface area contributed by atoms with Gasteiger partial charge in [-0.05, 0) is 43.2 Å². The molecule has 0 amide bonds. The number of aldehydes is 1. The molecule has 0 bridgehead atoms. The summed E-state index contributed by atoms with van der Waals surface area (Å²) in [4.78, 5) is 22.0. The van der Waals surface area contributed by atoms with Gasteiger partial charge in [-0.25, -0.2) is 0 Å². The van der Waals surface area contributed by atoms with Gasteiger partial charge in [0.15, 0.2) is 0 Å². The summed E-state index contributed by atoms with van der Waals surface area (Å²) in [7, 11) is 0. The Hall–Kier alpha value is -1.71. The van der Waals surface area contributed by atoms with Gasteiger partial charge in [-0.2, -0.15) is 0 Å². The molecule has 0 N–H and O–H groups in total. The van der Waals surface area contributed by atoms with Gasteiger partial charge in [0.1, 0.15) is 6.29 Å². The lowest BCUT2D eigenvalue weighted by atomic mass is 9.95. The second kappa shape index (κ2) is 3.65. The molecule has 17 heavy (non-hydrogen) atoms. The minimum atomic E-state index is -0.287. The van der Waals surface area contributed by atoms with Gasteiger partial charge < -0.3 is 4.79 Å². The van der Waals surface area contributed by atoms with Crippen LogP contribution in [0, 0.1) is 10.1 Å². The number of carbonyl (C=O) groups is 1. The van der Waals surface area contributed by atoms with Crippen molar-refractivity contribution in [2.45, 2.75) is 38.0 Å². The molecule has 88 valence electrons. The third-order valence-electron chi connectivity index (χ3n) is 3.94. The molecule has 0 saturated carbocycles. The number of rotatable bonds is 2. The topological polar surface area (TPSA) is 60.2 Å². The zero-order valence-electron chi connectivity index (χ0n) is 9.44. The van der Waals surface area contributed by atoms with Crippen LogP contribution in [0.15, 0.2) is 6.07 Å². The van der Waals surface area contributed by atoms with E-state index < -0.39 is 0 Å². The highest BCUT2D eigenvalue weighted by Gasteiger charge is 2.35. The van der Waals surface area contributed by atoms with E-state index in [9.17, 15) is 14.9 Å². The Kier molecular flexibility index (Phi) is 2.24. The Morgan fingerprint density at radius 2 is 2.12 bits per heavy atom. The van der Waals surface area contributed by atoms with Crippen LogP contribution in [0.2, 0.25) is 0 Å². The van der Waals surface area contributed by atoms with E-state index in [1.54, 1.807) is 0 Å². The van der Waals surface area contributed by atoms with Crippen LogP contribution in [0.5, 0.6) is 0 Å². The van der Waals surface area contributed by atoms with Crippen LogP contribution in [-0.4, -0.2) is 11.2 Å². The van der Waals surface area contributed by atoms with Gasteiger partial charge in [0.05, 0.1) is 4.92 Å². The molecule has 2 aliphatic carbocycles. The molecule has 0 spiro atoms. The van der Waals surface area contributed by atoms with Crippen molar-refractivity contribution in [3.8, 4) is 0 Å². The Labute approximate surface area is 98.8 Å². The molecule has 1 unspecified atom stereocenters. The minimum Gasteiger partial charge on any atom is -0.303 e. The second-order valence-corrected chi connectivity index (χ2v) is 4.83. The second-order valence-electron chi connectivity index (χ2n) is 4.83. The zero-order valence-corrected chi connectivity index (χ0v) is 9.44. The highest BCUT2D eigenvalue weighted by molar-refractivity contribution is 5.72. The van der Waals surface area contributed by atoms with Crippen molar-refractivity contribution in [1.82, 2.24) is 0 Å². The number of nitro groups is 1. The predicted molar refractivity (Wildman–Crippen MR) is 62.2 cm³/mol. The average Bonchev–Trinajstić information content (AvgIpc) is 2.90. The number of hydrogen-bond acceptors (Lipinski definition) is 3. The van der Waals surface area contributed by atoms with Gasteiger partial charge in [-0.15, -0.1) is 0 Å². The van der Waals surface area contributed by atoms with E-state index in [0.29, 0.717) is 5.56 Å². The molecule has 1 aromatic carbocycles. The summed E-state index contributed by atoms with van der Waals surface area (Å²) in [5, 5.41) is 11.3. The molecule has 3 rings (SSSR count). The monoisotopic (exact) mass is 231 g/mol. The fraction of sp³-hybridized carbons (Fsp3) is 0.462. The van der Waals surface area contributed by atoms with Crippen molar-refractivity contribution >= 4 is 12.0 Å².